The molecule has 1 aromatic rings. The molecule has 17 heavy (non-hydrogen) atoms. The number of benzene rings is 1. The maximum absolute atomic E-state index is 12.9. The fourth-order valence-electron chi connectivity index (χ4n) is 1.99. The van der Waals surface area contributed by atoms with Crippen molar-refractivity contribution in [1.82, 2.24) is 0 Å². The average molecular weight is 244 g/mol. The normalized spacial score (nSPS) is 16.0. The summed E-state index contributed by atoms with van der Waals surface area (Å²) in [6.07, 6.45) is -2.41. The van der Waals surface area contributed by atoms with Gasteiger partial charge in [0.2, 0.25) is 0 Å². The van der Waals surface area contributed by atoms with Crippen molar-refractivity contribution in [1.29, 1.82) is 0 Å². The van der Waals surface area contributed by atoms with Gasteiger partial charge in [-0.15, -0.1) is 0 Å². The summed E-state index contributed by atoms with van der Waals surface area (Å²) in [6, 6.07) is 5.93. The van der Waals surface area contributed by atoms with E-state index in [0.717, 1.165) is 18.9 Å². The zero-order valence-electron chi connectivity index (χ0n) is 9.37. The zero-order valence-corrected chi connectivity index (χ0v) is 9.37. The summed E-state index contributed by atoms with van der Waals surface area (Å²) in [7, 11) is 0. The number of hydrogen-bond acceptors (Lipinski definition) is 2. The van der Waals surface area contributed by atoms with Gasteiger partial charge in [-0.3, -0.25) is 0 Å². The first kappa shape index (κ1) is 12.2. The van der Waals surface area contributed by atoms with E-state index in [0.29, 0.717) is 13.1 Å². The van der Waals surface area contributed by atoms with E-state index in [-0.39, 0.29) is 11.7 Å². The number of para-hydroxylation sites is 1. The van der Waals surface area contributed by atoms with Crippen molar-refractivity contribution in [2.24, 2.45) is 5.73 Å². The number of anilines is 1. The molecule has 1 aliphatic rings. The van der Waals surface area contributed by atoms with Gasteiger partial charge in [0.15, 0.2) is 0 Å². The summed E-state index contributed by atoms with van der Waals surface area (Å²) in [5, 5.41) is 0. The molecule has 1 aliphatic carbocycles. The minimum absolute atomic E-state index is 0.224. The van der Waals surface area contributed by atoms with Crippen LogP contribution in [0, 0.1) is 0 Å². The van der Waals surface area contributed by atoms with Crippen molar-refractivity contribution in [2.75, 3.05) is 18.0 Å². The van der Waals surface area contributed by atoms with Crippen LogP contribution in [-0.2, 0) is 6.18 Å². The first-order valence-corrected chi connectivity index (χ1v) is 5.67. The van der Waals surface area contributed by atoms with Gasteiger partial charge in [-0.1, -0.05) is 12.1 Å². The Labute approximate surface area is 98.2 Å². The van der Waals surface area contributed by atoms with Crippen molar-refractivity contribution < 1.29 is 13.2 Å². The number of rotatable bonds is 4. The van der Waals surface area contributed by atoms with Crippen LogP contribution < -0.4 is 10.6 Å². The van der Waals surface area contributed by atoms with E-state index in [4.69, 9.17) is 5.73 Å². The van der Waals surface area contributed by atoms with Gasteiger partial charge >= 0.3 is 6.18 Å². The zero-order chi connectivity index (χ0) is 12.5. The van der Waals surface area contributed by atoms with Crippen LogP contribution in [0.3, 0.4) is 0 Å². The molecule has 0 heterocycles. The van der Waals surface area contributed by atoms with Gasteiger partial charge in [-0.2, -0.15) is 13.2 Å². The Morgan fingerprint density at radius 2 is 1.88 bits per heavy atom. The van der Waals surface area contributed by atoms with E-state index < -0.39 is 11.7 Å². The molecule has 0 amide bonds. The van der Waals surface area contributed by atoms with Gasteiger partial charge in [-0.25, -0.2) is 0 Å². The van der Waals surface area contributed by atoms with Gasteiger partial charge in [0.05, 0.1) is 5.56 Å². The van der Waals surface area contributed by atoms with E-state index in [1.165, 1.54) is 12.1 Å². The molecule has 0 bridgehead atoms. The quantitative estimate of drug-likeness (QED) is 0.882. The number of nitrogens with two attached hydrogens (primary N) is 1. The molecule has 0 unspecified atom stereocenters. The van der Waals surface area contributed by atoms with Crippen molar-refractivity contribution in [3.8, 4) is 0 Å². The number of nitrogens with zero attached hydrogens (tertiary/aromatic N) is 1. The highest BCUT2D eigenvalue weighted by molar-refractivity contribution is 5.56. The highest BCUT2D eigenvalue weighted by Crippen LogP contribution is 2.40. The first-order chi connectivity index (χ1) is 8.04. The Balaban J connectivity index is 2.35. The highest BCUT2D eigenvalue weighted by Gasteiger charge is 2.37. The molecule has 2 nitrogen and oxygen atoms in total. The van der Waals surface area contributed by atoms with E-state index in [1.54, 1.807) is 11.0 Å². The summed E-state index contributed by atoms with van der Waals surface area (Å²) in [4.78, 5) is 1.78. The Kier molecular flexibility index (Phi) is 3.28. The van der Waals surface area contributed by atoms with Crippen LogP contribution >= 0.6 is 0 Å². The molecule has 94 valence electrons. The van der Waals surface area contributed by atoms with E-state index in [1.807, 2.05) is 0 Å². The van der Waals surface area contributed by atoms with Gasteiger partial charge in [0, 0.05) is 24.8 Å². The van der Waals surface area contributed by atoms with Crippen molar-refractivity contribution >= 4 is 5.69 Å². The monoisotopic (exact) mass is 244 g/mol. The lowest BCUT2D eigenvalue weighted by molar-refractivity contribution is -0.137. The molecule has 1 saturated carbocycles. The number of alkyl halides is 3. The number of hydrogen-bond donors (Lipinski definition) is 1. The molecule has 0 spiro atoms. The molecule has 1 fully saturated rings. The van der Waals surface area contributed by atoms with Crippen molar-refractivity contribution in [3.63, 3.8) is 0 Å². The van der Waals surface area contributed by atoms with Gasteiger partial charge in [0.25, 0.3) is 0 Å². The lowest BCUT2D eigenvalue weighted by atomic mass is 10.1. The lowest BCUT2D eigenvalue weighted by Crippen LogP contribution is -2.33. The summed E-state index contributed by atoms with van der Waals surface area (Å²) in [5.41, 5.74) is 5.16. The minimum atomic E-state index is -4.31. The Bertz CT molecular complexity index is 386. The van der Waals surface area contributed by atoms with E-state index in [9.17, 15) is 13.2 Å². The van der Waals surface area contributed by atoms with Gasteiger partial charge in [0.1, 0.15) is 0 Å². The smallest absolute Gasteiger partial charge is 0.367 e. The molecule has 2 rings (SSSR count). The van der Waals surface area contributed by atoms with Crippen LogP contribution in [0.25, 0.3) is 0 Å². The fraction of sp³-hybridized carbons (Fsp3) is 0.500. The van der Waals surface area contributed by atoms with Crippen LogP contribution in [0.2, 0.25) is 0 Å². The molecule has 0 atom stereocenters. The third-order valence-electron chi connectivity index (χ3n) is 2.88. The van der Waals surface area contributed by atoms with Crippen LogP contribution in [0.15, 0.2) is 24.3 Å². The Morgan fingerprint density at radius 1 is 1.24 bits per heavy atom. The summed E-state index contributed by atoms with van der Waals surface area (Å²) in [5.74, 6) is 0. The molecular formula is C12H15F3N2. The lowest BCUT2D eigenvalue weighted by Gasteiger charge is -2.27. The van der Waals surface area contributed by atoms with E-state index >= 15 is 0 Å². The largest absolute Gasteiger partial charge is 0.418 e. The second-order valence-corrected chi connectivity index (χ2v) is 4.23. The van der Waals surface area contributed by atoms with Crippen molar-refractivity contribution in [2.45, 2.75) is 25.1 Å². The van der Waals surface area contributed by atoms with Crippen LogP contribution in [-0.4, -0.2) is 19.1 Å². The molecule has 0 aromatic heterocycles. The summed E-state index contributed by atoms with van der Waals surface area (Å²) < 4.78 is 38.6. The Hall–Kier alpha value is -1.23. The topological polar surface area (TPSA) is 29.3 Å². The highest BCUT2D eigenvalue weighted by atomic mass is 19.4. The molecule has 0 aliphatic heterocycles. The van der Waals surface area contributed by atoms with Gasteiger partial charge < -0.3 is 10.6 Å². The average Bonchev–Trinajstić information content (AvgIpc) is 3.08. The van der Waals surface area contributed by atoms with E-state index in [2.05, 4.69) is 0 Å². The van der Waals surface area contributed by atoms with Crippen molar-refractivity contribution in [3.05, 3.63) is 29.8 Å². The van der Waals surface area contributed by atoms with Crippen LogP contribution in [0.1, 0.15) is 18.4 Å². The Morgan fingerprint density at radius 3 is 2.41 bits per heavy atom. The summed E-state index contributed by atoms with van der Waals surface area (Å²) >= 11 is 0. The second-order valence-electron chi connectivity index (χ2n) is 4.23. The SMILES string of the molecule is NCCN(c1ccccc1C(F)(F)F)C1CC1. The van der Waals surface area contributed by atoms with Crippen LogP contribution in [0.4, 0.5) is 18.9 Å². The molecular weight excluding hydrogens is 229 g/mol. The predicted molar refractivity (Wildman–Crippen MR) is 60.9 cm³/mol. The molecule has 2 N–H and O–H groups in total. The molecule has 0 radical (unpaired) electrons. The van der Waals surface area contributed by atoms with Crippen LogP contribution in [0.5, 0.6) is 0 Å². The third kappa shape index (κ3) is 2.72. The molecule has 1 aromatic carbocycles. The maximum Gasteiger partial charge on any atom is 0.418 e. The standard InChI is InChI=1S/C12H15F3N2/c13-12(14,15)10-3-1-2-4-11(10)17(8-7-16)9-5-6-9/h1-4,9H,5-8,16H2. The third-order valence-corrected chi connectivity index (χ3v) is 2.88. The fourth-order valence-corrected chi connectivity index (χ4v) is 1.99. The second kappa shape index (κ2) is 4.56. The summed E-state index contributed by atoms with van der Waals surface area (Å²) in [6.45, 7) is 0.834. The molecule has 5 heteroatoms. The predicted octanol–water partition coefficient (Wildman–Crippen LogP) is 2.63. The minimum Gasteiger partial charge on any atom is -0.367 e. The first-order valence-electron chi connectivity index (χ1n) is 5.67. The maximum atomic E-state index is 12.9. The van der Waals surface area contributed by atoms with Gasteiger partial charge in [-0.05, 0) is 25.0 Å². The number of halogens is 3. The molecule has 0 saturated heterocycles.